The molecule has 1 rings (SSSR count). The number of hydrogen-bond acceptors (Lipinski definition) is 2. The van der Waals surface area contributed by atoms with Crippen molar-refractivity contribution in [2.75, 3.05) is 6.54 Å². The van der Waals surface area contributed by atoms with Gasteiger partial charge in [0, 0.05) is 37.1 Å². The highest BCUT2D eigenvalue weighted by atomic mass is 32.1. The van der Waals surface area contributed by atoms with E-state index in [0.717, 1.165) is 23.6 Å². The highest BCUT2D eigenvalue weighted by Gasteiger charge is 2.12. The summed E-state index contributed by atoms with van der Waals surface area (Å²) in [6.07, 6.45) is 2.08. The second-order valence-electron chi connectivity index (χ2n) is 4.86. The maximum Gasteiger partial charge on any atom is 0.177 e. The van der Waals surface area contributed by atoms with E-state index in [1.807, 2.05) is 6.92 Å². The molecule has 1 aromatic rings. The highest BCUT2D eigenvalue weighted by Crippen LogP contribution is 2.06. The molecular weight excluding hydrogens is 218 g/mol. The first-order valence-corrected chi connectivity index (χ1v) is 6.34. The molecule has 0 aliphatic heterocycles. The van der Waals surface area contributed by atoms with Gasteiger partial charge in [-0.3, -0.25) is 4.90 Å². The van der Waals surface area contributed by atoms with Crippen molar-refractivity contribution in [1.29, 1.82) is 0 Å². The molecule has 0 radical (unpaired) electrons. The monoisotopic (exact) mass is 241 g/mol. The van der Waals surface area contributed by atoms with E-state index in [0.29, 0.717) is 12.1 Å². The molecule has 0 atom stereocenters. The third-order valence-corrected chi connectivity index (χ3v) is 3.18. The van der Waals surface area contributed by atoms with Crippen LogP contribution in [0.5, 0.6) is 0 Å². The predicted octanol–water partition coefficient (Wildman–Crippen LogP) is 2.97. The van der Waals surface area contributed by atoms with Gasteiger partial charge in [-0.1, -0.05) is 0 Å². The zero-order valence-corrected chi connectivity index (χ0v) is 11.8. The molecule has 4 heteroatoms. The van der Waals surface area contributed by atoms with Gasteiger partial charge in [0.25, 0.3) is 0 Å². The molecule has 16 heavy (non-hydrogen) atoms. The van der Waals surface area contributed by atoms with Gasteiger partial charge in [0.15, 0.2) is 4.77 Å². The van der Waals surface area contributed by atoms with E-state index in [-0.39, 0.29) is 0 Å². The lowest BCUT2D eigenvalue weighted by Crippen LogP contribution is -2.39. The number of nitrogens with one attached hydrogen (secondary N) is 1. The van der Waals surface area contributed by atoms with Crippen LogP contribution in [0.4, 0.5) is 0 Å². The molecule has 0 aliphatic carbocycles. The van der Waals surface area contributed by atoms with Crippen molar-refractivity contribution in [2.45, 2.75) is 53.2 Å². The van der Waals surface area contributed by atoms with Gasteiger partial charge in [-0.25, -0.2) is 0 Å². The zero-order valence-electron chi connectivity index (χ0n) is 10.9. The standard InChI is InChI=1S/C12H23N3S/c1-9(2)15(10(3)4)7-6-14-8-11(5)13-12(14)16/h8-10H,6-7H2,1-5H3,(H,13,16). The van der Waals surface area contributed by atoms with E-state index in [1.165, 1.54) is 0 Å². The smallest absolute Gasteiger partial charge is 0.177 e. The molecular formula is C12H23N3S. The summed E-state index contributed by atoms with van der Waals surface area (Å²) in [6, 6.07) is 1.16. The van der Waals surface area contributed by atoms with Crippen molar-refractivity contribution in [2.24, 2.45) is 0 Å². The van der Waals surface area contributed by atoms with Crippen LogP contribution in [-0.4, -0.2) is 33.1 Å². The van der Waals surface area contributed by atoms with Crippen molar-refractivity contribution < 1.29 is 0 Å². The molecule has 0 spiro atoms. The quantitative estimate of drug-likeness (QED) is 0.801. The lowest BCUT2D eigenvalue weighted by Gasteiger charge is -2.30. The van der Waals surface area contributed by atoms with E-state index >= 15 is 0 Å². The highest BCUT2D eigenvalue weighted by molar-refractivity contribution is 7.71. The normalized spacial score (nSPS) is 12.0. The van der Waals surface area contributed by atoms with Crippen LogP contribution in [0.2, 0.25) is 0 Å². The average molecular weight is 241 g/mol. The fourth-order valence-electron chi connectivity index (χ4n) is 2.07. The fraction of sp³-hybridized carbons (Fsp3) is 0.750. The summed E-state index contributed by atoms with van der Waals surface area (Å²) < 4.78 is 2.94. The number of nitrogens with zero attached hydrogens (tertiary/aromatic N) is 2. The van der Waals surface area contributed by atoms with Gasteiger partial charge in [-0.2, -0.15) is 0 Å². The minimum Gasteiger partial charge on any atom is -0.335 e. The second kappa shape index (κ2) is 5.64. The molecule has 1 N–H and O–H groups in total. The van der Waals surface area contributed by atoms with Gasteiger partial charge in [-0.05, 0) is 46.8 Å². The van der Waals surface area contributed by atoms with Gasteiger partial charge >= 0.3 is 0 Å². The number of aromatic amines is 1. The Hall–Kier alpha value is -0.610. The topological polar surface area (TPSA) is 24.0 Å². The summed E-state index contributed by atoms with van der Waals surface area (Å²) in [4.78, 5) is 5.63. The molecule has 0 aliphatic rings. The van der Waals surface area contributed by atoms with Gasteiger partial charge in [0.05, 0.1) is 0 Å². The van der Waals surface area contributed by atoms with Crippen LogP contribution in [0.25, 0.3) is 0 Å². The minimum atomic E-state index is 0.578. The SMILES string of the molecule is Cc1cn(CCN(C(C)C)C(C)C)c(=S)[nH]1. The van der Waals surface area contributed by atoms with Gasteiger partial charge in [0.1, 0.15) is 0 Å². The minimum absolute atomic E-state index is 0.578. The summed E-state index contributed by atoms with van der Waals surface area (Å²) in [6.45, 7) is 13.0. The number of imidazole rings is 1. The van der Waals surface area contributed by atoms with E-state index in [1.54, 1.807) is 0 Å². The van der Waals surface area contributed by atoms with Crippen molar-refractivity contribution in [1.82, 2.24) is 14.5 Å². The van der Waals surface area contributed by atoms with Gasteiger partial charge in [0.2, 0.25) is 0 Å². The fourth-order valence-corrected chi connectivity index (χ4v) is 2.37. The third-order valence-electron chi connectivity index (χ3n) is 2.84. The Morgan fingerprint density at radius 3 is 2.25 bits per heavy atom. The van der Waals surface area contributed by atoms with Crippen LogP contribution in [-0.2, 0) is 6.54 Å². The van der Waals surface area contributed by atoms with Crippen molar-refractivity contribution in [3.63, 3.8) is 0 Å². The van der Waals surface area contributed by atoms with Crippen LogP contribution < -0.4 is 0 Å². The third kappa shape index (κ3) is 3.46. The van der Waals surface area contributed by atoms with Crippen LogP contribution in [0.3, 0.4) is 0 Å². The summed E-state index contributed by atoms with van der Waals surface area (Å²) in [5.74, 6) is 0. The Labute approximate surface area is 103 Å². The summed E-state index contributed by atoms with van der Waals surface area (Å²) in [7, 11) is 0. The molecule has 0 fully saturated rings. The van der Waals surface area contributed by atoms with Crippen LogP contribution in [0, 0.1) is 11.7 Å². The predicted molar refractivity (Wildman–Crippen MR) is 71.3 cm³/mol. The Bertz CT molecular complexity index is 368. The van der Waals surface area contributed by atoms with Crippen molar-refractivity contribution in [3.8, 4) is 0 Å². The lowest BCUT2D eigenvalue weighted by molar-refractivity contribution is 0.168. The van der Waals surface area contributed by atoms with Gasteiger partial charge in [-0.15, -0.1) is 0 Å². The van der Waals surface area contributed by atoms with Crippen LogP contribution >= 0.6 is 12.2 Å². The molecule has 0 bridgehead atoms. The molecule has 3 nitrogen and oxygen atoms in total. The Kier molecular flexibility index (Phi) is 4.74. The first kappa shape index (κ1) is 13.5. The number of H-pyrrole nitrogens is 1. The van der Waals surface area contributed by atoms with Crippen molar-refractivity contribution >= 4 is 12.2 Å². The number of aryl methyl sites for hydroxylation is 1. The van der Waals surface area contributed by atoms with E-state index < -0.39 is 0 Å². The summed E-state index contributed by atoms with van der Waals surface area (Å²) >= 11 is 5.25. The van der Waals surface area contributed by atoms with E-state index in [4.69, 9.17) is 12.2 Å². The van der Waals surface area contributed by atoms with Crippen LogP contribution in [0.15, 0.2) is 6.20 Å². The molecule has 0 aromatic carbocycles. The second-order valence-corrected chi connectivity index (χ2v) is 5.25. The number of hydrogen-bond donors (Lipinski definition) is 1. The van der Waals surface area contributed by atoms with E-state index in [9.17, 15) is 0 Å². The molecule has 1 aromatic heterocycles. The van der Waals surface area contributed by atoms with Crippen molar-refractivity contribution in [3.05, 3.63) is 16.7 Å². The summed E-state index contributed by atoms with van der Waals surface area (Å²) in [5.41, 5.74) is 1.13. The molecule has 0 saturated carbocycles. The molecule has 0 unspecified atom stereocenters. The number of aromatic nitrogens is 2. The van der Waals surface area contributed by atoms with E-state index in [2.05, 4.69) is 48.3 Å². The molecule has 0 saturated heterocycles. The molecule has 1 heterocycles. The summed E-state index contributed by atoms with van der Waals surface area (Å²) in [5, 5.41) is 0. The van der Waals surface area contributed by atoms with Crippen LogP contribution in [0.1, 0.15) is 33.4 Å². The molecule has 92 valence electrons. The average Bonchev–Trinajstić information content (AvgIpc) is 2.44. The lowest BCUT2D eigenvalue weighted by atomic mass is 10.2. The number of rotatable bonds is 5. The van der Waals surface area contributed by atoms with Gasteiger partial charge < -0.3 is 9.55 Å². The Balaban J connectivity index is 2.62. The maximum absolute atomic E-state index is 5.25. The zero-order chi connectivity index (χ0) is 12.3. The maximum atomic E-state index is 5.25. The first-order chi connectivity index (χ1) is 7.41. The first-order valence-electron chi connectivity index (χ1n) is 5.93. The Morgan fingerprint density at radius 2 is 1.88 bits per heavy atom. The largest absolute Gasteiger partial charge is 0.335 e. The Morgan fingerprint density at radius 1 is 1.31 bits per heavy atom. The molecule has 0 amide bonds.